The molecule has 0 aliphatic carbocycles. The molecule has 0 spiro atoms. The van der Waals surface area contributed by atoms with E-state index in [1.165, 1.54) is 12.1 Å². The van der Waals surface area contributed by atoms with Crippen LogP contribution in [0.2, 0.25) is 10.0 Å². The number of halogens is 2. The number of benzene rings is 1. The average Bonchev–Trinajstić information content (AvgIpc) is 2.07. The SMILES string of the molecule is O=C(O)c1c(Cl)ccc(Cl)c1C(=O)O.[KH]. The molecule has 0 aromatic heterocycles. The van der Waals surface area contributed by atoms with Crippen molar-refractivity contribution in [2.45, 2.75) is 0 Å². The molecule has 15 heavy (non-hydrogen) atoms. The number of hydrogen-bond donors (Lipinski definition) is 2. The van der Waals surface area contributed by atoms with Crippen LogP contribution in [0.1, 0.15) is 20.7 Å². The van der Waals surface area contributed by atoms with E-state index in [2.05, 4.69) is 0 Å². The van der Waals surface area contributed by atoms with Crippen molar-refractivity contribution in [3.8, 4) is 0 Å². The predicted octanol–water partition coefficient (Wildman–Crippen LogP) is 1.74. The van der Waals surface area contributed by atoms with Crippen molar-refractivity contribution >= 4 is 86.5 Å². The Morgan fingerprint density at radius 1 is 0.933 bits per heavy atom. The molecule has 0 saturated heterocycles. The van der Waals surface area contributed by atoms with Crippen LogP contribution in [-0.2, 0) is 0 Å². The van der Waals surface area contributed by atoms with E-state index in [9.17, 15) is 9.59 Å². The maximum atomic E-state index is 10.7. The fourth-order valence-electron chi connectivity index (χ4n) is 0.970. The van der Waals surface area contributed by atoms with E-state index < -0.39 is 23.1 Å². The number of carbonyl (C=O) groups is 2. The summed E-state index contributed by atoms with van der Waals surface area (Å²) in [4.78, 5) is 21.4. The zero-order valence-electron chi connectivity index (χ0n) is 6.62. The number of hydrogen-bond acceptors (Lipinski definition) is 2. The second-order valence-electron chi connectivity index (χ2n) is 2.39. The Labute approximate surface area is 138 Å². The minimum atomic E-state index is -1.42. The molecule has 4 nitrogen and oxygen atoms in total. The first kappa shape index (κ1) is 15.4. The quantitative estimate of drug-likeness (QED) is 0.806. The number of aromatic carboxylic acids is 2. The van der Waals surface area contributed by atoms with Gasteiger partial charge in [-0.05, 0) is 12.1 Å². The summed E-state index contributed by atoms with van der Waals surface area (Å²) in [5.74, 6) is -2.84. The first-order chi connectivity index (χ1) is 6.45. The summed E-state index contributed by atoms with van der Waals surface area (Å²) >= 11 is 11.1. The van der Waals surface area contributed by atoms with Gasteiger partial charge in [0.15, 0.2) is 0 Å². The number of carboxylic acid groups (broad SMARTS) is 2. The van der Waals surface area contributed by atoms with Crippen molar-refractivity contribution in [1.82, 2.24) is 0 Å². The molecule has 1 rings (SSSR count). The summed E-state index contributed by atoms with van der Waals surface area (Å²) in [5, 5.41) is 17.1. The first-order valence-electron chi connectivity index (χ1n) is 3.39. The molecule has 0 aliphatic heterocycles. The second-order valence-corrected chi connectivity index (χ2v) is 3.20. The second kappa shape index (κ2) is 6.20. The molecule has 0 heterocycles. The normalized spacial score (nSPS) is 9.20. The van der Waals surface area contributed by atoms with Gasteiger partial charge >= 0.3 is 63.3 Å². The third-order valence-corrected chi connectivity index (χ3v) is 2.16. The third kappa shape index (κ3) is 3.42. The summed E-state index contributed by atoms with van der Waals surface area (Å²) in [7, 11) is 0. The molecule has 0 atom stereocenters. The Morgan fingerprint density at radius 3 is 1.40 bits per heavy atom. The molecule has 1 aromatic carbocycles. The van der Waals surface area contributed by atoms with Gasteiger partial charge in [0.25, 0.3) is 0 Å². The average molecular weight is 275 g/mol. The van der Waals surface area contributed by atoms with Gasteiger partial charge in [-0.1, -0.05) is 23.2 Å². The van der Waals surface area contributed by atoms with Gasteiger partial charge in [-0.2, -0.15) is 0 Å². The van der Waals surface area contributed by atoms with Crippen LogP contribution in [-0.4, -0.2) is 73.5 Å². The van der Waals surface area contributed by atoms with E-state index in [1.807, 2.05) is 0 Å². The fourth-order valence-corrected chi connectivity index (χ4v) is 1.45. The molecule has 0 aliphatic rings. The Bertz CT molecular complexity index is 380. The van der Waals surface area contributed by atoms with Gasteiger partial charge in [0, 0.05) is 0 Å². The molecule has 7 heteroatoms. The van der Waals surface area contributed by atoms with Crippen LogP contribution in [0.3, 0.4) is 0 Å². The summed E-state index contributed by atoms with van der Waals surface area (Å²) < 4.78 is 0. The maximum absolute atomic E-state index is 10.7. The minimum absolute atomic E-state index is 0. The molecule has 0 saturated carbocycles. The van der Waals surface area contributed by atoms with Crippen molar-refractivity contribution in [3.63, 3.8) is 0 Å². The molecule has 0 fully saturated rings. The van der Waals surface area contributed by atoms with Gasteiger partial charge in [0.2, 0.25) is 0 Å². The first-order valence-corrected chi connectivity index (χ1v) is 4.15. The van der Waals surface area contributed by atoms with Crippen molar-refractivity contribution in [2.75, 3.05) is 0 Å². The van der Waals surface area contributed by atoms with Crippen LogP contribution in [0.4, 0.5) is 0 Å². The molecule has 0 unspecified atom stereocenters. The predicted molar refractivity (Wildman–Crippen MR) is 57.5 cm³/mol. The molecule has 0 bridgehead atoms. The van der Waals surface area contributed by atoms with E-state index in [4.69, 9.17) is 33.4 Å². The fraction of sp³-hybridized carbons (Fsp3) is 0. The van der Waals surface area contributed by atoms with Gasteiger partial charge in [0.1, 0.15) is 0 Å². The Balaban J connectivity index is 0.00000196. The van der Waals surface area contributed by atoms with E-state index in [0.717, 1.165) is 0 Å². The van der Waals surface area contributed by atoms with Crippen LogP contribution in [0.25, 0.3) is 0 Å². The van der Waals surface area contributed by atoms with Gasteiger partial charge in [-0.3, -0.25) is 0 Å². The zero-order chi connectivity index (χ0) is 10.9. The Hall–Kier alpha value is 0.376. The Kier molecular flexibility index (Phi) is 6.35. The molecule has 76 valence electrons. The van der Waals surface area contributed by atoms with Crippen molar-refractivity contribution in [2.24, 2.45) is 0 Å². The number of rotatable bonds is 2. The summed E-state index contributed by atoms with van der Waals surface area (Å²) in [6, 6.07) is 2.47. The third-order valence-electron chi connectivity index (χ3n) is 1.53. The van der Waals surface area contributed by atoms with Crippen molar-refractivity contribution < 1.29 is 19.8 Å². The topological polar surface area (TPSA) is 74.6 Å². The summed E-state index contributed by atoms with van der Waals surface area (Å²) in [6.07, 6.45) is 0. The van der Waals surface area contributed by atoms with Crippen LogP contribution in [0.5, 0.6) is 0 Å². The zero-order valence-corrected chi connectivity index (χ0v) is 8.13. The molecular weight excluding hydrogens is 270 g/mol. The number of carboxylic acids is 2. The van der Waals surface area contributed by atoms with E-state index >= 15 is 0 Å². The molecule has 0 radical (unpaired) electrons. The molecule has 2 N–H and O–H groups in total. The van der Waals surface area contributed by atoms with E-state index in [1.54, 1.807) is 0 Å². The standard InChI is InChI=1S/C8H4Cl2O4.K.H/c9-3-1-2-4(10)6(8(13)14)5(3)7(11)12;;/h1-2H,(H,11,12)(H,13,14);;. The van der Waals surface area contributed by atoms with Crippen molar-refractivity contribution in [3.05, 3.63) is 33.3 Å². The van der Waals surface area contributed by atoms with Crippen LogP contribution in [0.15, 0.2) is 12.1 Å². The summed E-state index contributed by atoms with van der Waals surface area (Å²) in [6.45, 7) is 0. The van der Waals surface area contributed by atoms with E-state index in [-0.39, 0.29) is 61.4 Å². The van der Waals surface area contributed by atoms with Crippen LogP contribution < -0.4 is 0 Å². The van der Waals surface area contributed by atoms with Crippen LogP contribution >= 0.6 is 23.2 Å². The summed E-state index contributed by atoms with van der Waals surface area (Å²) in [5.41, 5.74) is -0.988. The monoisotopic (exact) mass is 274 g/mol. The molecular formula is C8H5Cl2KO4. The van der Waals surface area contributed by atoms with Gasteiger partial charge in [-0.25, -0.2) is 9.59 Å². The van der Waals surface area contributed by atoms with Gasteiger partial charge < -0.3 is 10.2 Å². The van der Waals surface area contributed by atoms with Crippen LogP contribution in [0, 0.1) is 0 Å². The Morgan fingerprint density at radius 2 is 1.20 bits per heavy atom. The molecule has 1 aromatic rings. The van der Waals surface area contributed by atoms with Crippen molar-refractivity contribution in [1.29, 1.82) is 0 Å². The van der Waals surface area contributed by atoms with Gasteiger partial charge in [-0.15, -0.1) is 0 Å². The van der Waals surface area contributed by atoms with Gasteiger partial charge in [0.05, 0.1) is 21.2 Å². The molecule has 0 amide bonds. The van der Waals surface area contributed by atoms with E-state index in [0.29, 0.717) is 0 Å².